The maximum atomic E-state index is 4.67. The van der Waals surface area contributed by atoms with E-state index < -0.39 is 0 Å². The summed E-state index contributed by atoms with van der Waals surface area (Å²) in [6.07, 6.45) is 0. The molecule has 0 unspecified atom stereocenters. The van der Waals surface area contributed by atoms with Gasteiger partial charge in [0.15, 0.2) is 5.13 Å². The molecule has 2 aromatic carbocycles. The number of hydrogen-bond donors (Lipinski definition) is 1. The van der Waals surface area contributed by atoms with E-state index in [2.05, 4.69) is 78.9 Å². The average Bonchev–Trinajstić information content (AvgIpc) is 2.98. The molecule has 3 aromatic rings. The Labute approximate surface area is 146 Å². The van der Waals surface area contributed by atoms with E-state index in [-0.39, 0.29) is 0 Å². The van der Waals surface area contributed by atoms with Gasteiger partial charge in [0.25, 0.3) is 0 Å². The first-order valence-corrected chi connectivity index (χ1v) is 9.45. The zero-order valence-electron chi connectivity index (χ0n) is 13.6. The van der Waals surface area contributed by atoms with Crippen LogP contribution in [0.1, 0.15) is 22.4 Å². The fourth-order valence-corrected chi connectivity index (χ4v) is 3.87. The van der Waals surface area contributed by atoms with Crippen LogP contribution in [0.5, 0.6) is 0 Å². The zero-order valence-corrected chi connectivity index (χ0v) is 15.2. The van der Waals surface area contributed by atoms with E-state index in [0.29, 0.717) is 0 Å². The molecule has 3 rings (SSSR count). The highest BCUT2D eigenvalue weighted by Crippen LogP contribution is 2.27. The quantitative estimate of drug-likeness (QED) is 0.568. The molecule has 2 nitrogen and oxygen atoms in total. The number of thioether (sulfide) groups is 1. The summed E-state index contributed by atoms with van der Waals surface area (Å²) in [5.74, 6) is 0.897. The van der Waals surface area contributed by atoms with Gasteiger partial charge in [0.05, 0.1) is 5.69 Å². The van der Waals surface area contributed by atoms with E-state index in [0.717, 1.165) is 22.3 Å². The van der Waals surface area contributed by atoms with Crippen LogP contribution in [-0.4, -0.2) is 4.98 Å². The molecule has 118 valence electrons. The second-order valence-corrected chi connectivity index (χ2v) is 7.58. The lowest BCUT2D eigenvalue weighted by Crippen LogP contribution is -1.90. The van der Waals surface area contributed by atoms with Gasteiger partial charge in [0.1, 0.15) is 0 Å². The second-order valence-electron chi connectivity index (χ2n) is 5.67. The van der Waals surface area contributed by atoms with E-state index in [1.54, 1.807) is 11.3 Å². The maximum absolute atomic E-state index is 4.67. The van der Waals surface area contributed by atoms with E-state index in [1.807, 2.05) is 11.8 Å². The van der Waals surface area contributed by atoms with Crippen molar-refractivity contribution in [3.8, 4) is 0 Å². The van der Waals surface area contributed by atoms with Crippen molar-refractivity contribution < 1.29 is 0 Å². The van der Waals surface area contributed by atoms with E-state index >= 15 is 0 Å². The van der Waals surface area contributed by atoms with Crippen LogP contribution in [0.3, 0.4) is 0 Å². The van der Waals surface area contributed by atoms with Crippen LogP contribution in [-0.2, 0) is 5.75 Å². The molecular formula is C19H20N2S2. The molecule has 0 amide bonds. The predicted octanol–water partition coefficient (Wildman–Crippen LogP) is 6.10. The monoisotopic (exact) mass is 340 g/mol. The van der Waals surface area contributed by atoms with Gasteiger partial charge in [0.2, 0.25) is 0 Å². The molecule has 0 atom stereocenters. The molecule has 0 saturated heterocycles. The van der Waals surface area contributed by atoms with Crippen LogP contribution in [0.2, 0.25) is 0 Å². The minimum absolute atomic E-state index is 0.897. The van der Waals surface area contributed by atoms with Crippen molar-refractivity contribution in [3.05, 3.63) is 70.2 Å². The van der Waals surface area contributed by atoms with Crippen molar-refractivity contribution in [2.24, 2.45) is 0 Å². The third kappa shape index (κ3) is 4.36. The molecule has 0 saturated carbocycles. The molecule has 1 aromatic heterocycles. The van der Waals surface area contributed by atoms with Gasteiger partial charge in [-0.1, -0.05) is 23.8 Å². The molecule has 0 bridgehead atoms. The first-order chi connectivity index (χ1) is 11.1. The number of rotatable bonds is 5. The van der Waals surface area contributed by atoms with Gasteiger partial charge >= 0.3 is 0 Å². The lowest BCUT2D eigenvalue weighted by Gasteiger charge is -2.04. The zero-order chi connectivity index (χ0) is 16.2. The fourth-order valence-electron chi connectivity index (χ4n) is 2.15. The van der Waals surface area contributed by atoms with Gasteiger partial charge in [-0.15, -0.1) is 23.1 Å². The van der Waals surface area contributed by atoms with E-state index in [9.17, 15) is 0 Å². The van der Waals surface area contributed by atoms with E-state index in [1.165, 1.54) is 21.6 Å². The lowest BCUT2D eigenvalue weighted by molar-refractivity contribution is 1.22. The summed E-state index contributed by atoms with van der Waals surface area (Å²) in [5.41, 5.74) is 6.15. The number of nitrogens with zero attached hydrogens (tertiary/aromatic N) is 1. The topological polar surface area (TPSA) is 24.9 Å². The molecule has 4 heteroatoms. The number of thiazole rings is 1. The van der Waals surface area contributed by atoms with Crippen molar-refractivity contribution in [1.29, 1.82) is 0 Å². The fraction of sp³-hybridized carbons (Fsp3) is 0.211. The van der Waals surface area contributed by atoms with Crippen LogP contribution >= 0.6 is 23.1 Å². The van der Waals surface area contributed by atoms with Crippen LogP contribution in [0.15, 0.2) is 52.7 Å². The maximum Gasteiger partial charge on any atom is 0.187 e. The summed E-state index contributed by atoms with van der Waals surface area (Å²) in [5, 5.41) is 6.44. The summed E-state index contributed by atoms with van der Waals surface area (Å²) in [6.45, 7) is 6.40. The summed E-state index contributed by atoms with van der Waals surface area (Å²) in [6, 6.07) is 15.0. The largest absolute Gasteiger partial charge is 0.332 e. The SMILES string of the molecule is Cc1ccc(Nc2nc(CSc3ccc(C)c(C)c3)cs2)cc1. The Kier molecular flexibility index (Phi) is 5.03. The van der Waals surface area contributed by atoms with Gasteiger partial charge < -0.3 is 5.32 Å². The predicted molar refractivity (Wildman–Crippen MR) is 102 cm³/mol. The Balaban J connectivity index is 1.60. The molecule has 0 spiro atoms. The first-order valence-electron chi connectivity index (χ1n) is 7.58. The molecule has 1 N–H and O–H groups in total. The third-order valence-corrected chi connectivity index (χ3v) is 5.55. The number of aromatic nitrogens is 1. The van der Waals surface area contributed by atoms with Crippen molar-refractivity contribution >= 4 is 33.9 Å². The van der Waals surface area contributed by atoms with Crippen molar-refractivity contribution in [1.82, 2.24) is 4.98 Å². The third-order valence-electron chi connectivity index (χ3n) is 3.72. The summed E-state index contributed by atoms with van der Waals surface area (Å²) >= 11 is 3.49. The second kappa shape index (κ2) is 7.20. The van der Waals surface area contributed by atoms with Crippen molar-refractivity contribution in [2.45, 2.75) is 31.4 Å². The number of nitrogens with one attached hydrogen (secondary N) is 1. The molecule has 0 fully saturated rings. The number of aryl methyl sites for hydroxylation is 3. The van der Waals surface area contributed by atoms with Crippen molar-refractivity contribution in [3.63, 3.8) is 0 Å². The van der Waals surface area contributed by atoms with Crippen LogP contribution in [0.25, 0.3) is 0 Å². The highest BCUT2D eigenvalue weighted by Gasteiger charge is 2.04. The summed E-state index contributed by atoms with van der Waals surface area (Å²) < 4.78 is 0. The lowest BCUT2D eigenvalue weighted by atomic mass is 10.1. The van der Waals surface area contributed by atoms with Gasteiger partial charge in [-0.2, -0.15) is 0 Å². The summed E-state index contributed by atoms with van der Waals surface area (Å²) in [4.78, 5) is 5.97. The minimum atomic E-state index is 0.897. The smallest absolute Gasteiger partial charge is 0.187 e. The highest BCUT2D eigenvalue weighted by molar-refractivity contribution is 7.98. The van der Waals surface area contributed by atoms with Gasteiger partial charge in [0, 0.05) is 21.7 Å². The van der Waals surface area contributed by atoms with Crippen LogP contribution < -0.4 is 5.32 Å². The minimum Gasteiger partial charge on any atom is -0.332 e. The number of benzene rings is 2. The van der Waals surface area contributed by atoms with Crippen LogP contribution in [0.4, 0.5) is 10.8 Å². The molecule has 23 heavy (non-hydrogen) atoms. The molecular weight excluding hydrogens is 320 g/mol. The highest BCUT2D eigenvalue weighted by atomic mass is 32.2. The summed E-state index contributed by atoms with van der Waals surface area (Å²) in [7, 11) is 0. The molecule has 0 aliphatic carbocycles. The van der Waals surface area contributed by atoms with Gasteiger partial charge in [-0.05, 0) is 56.2 Å². The van der Waals surface area contributed by atoms with Gasteiger partial charge in [-0.3, -0.25) is 0 Å². The molecule has 1 heterocycles. The average molecular weight is 341 g/mol. The van der Waals surface area contributed by atoms with Crippen LogP contribution in [0, 0.1) is 20.8 Å². The Morgan fingerprint density at radius 2 is 1.78 bits per heavy atom. The Morgan fingerprint density at radius 1 is 1.00 bits per heavy atom. The first kappa shape index (κ1) is 16.1. The van der Waals surface area contributed by atoms with Crippen molar-refractivity contribution in [2.75, 3.05) is 5.32 Å². The Bertz CT molecular complexity index is 791. The Hall–Kier alpha value is -1.78. The number of anilines is 2. The number of hydrogen-bond acceptors (Lipinski definition) is 4. The van der Waals surface area contributed by atoms with E-state index in [4.69, 9.17) is 0 Å². The standard InChI is InChI=1S/C19H20N2S2/c1-13-4-7-16(8-5-13)20-19-21-17(12-23-19)11-22-18-9-6-14(2)15(3)10-18/h4-10,12H,11H2,1-3H3,(H,20,21). The molecule has 0 radical (unpaired) electrons. The molecule has 0 aliphatic rings. The molecule has 0 aliphatic heterocycles. The van der Waals surface area contributed by atoms with Gasteiger partial charge in [-0.25, -0.2) is 4.98 Å². The normalized spacial score (nSPS) is 10.7. The Morgan fingerprint density at radius 3 is 2.52 bits per heavy atom.